The summed E-state index contributed by atoms with van der Waals surface area (Å²) in [6.45, 7) is 0. The lowest BCUT2D eigenvalue weighted by Gasteiger charge is -2.23. The van der Waals surface area contributed by atoms with Crippen molar-refractivity contribution in [3.8, 4) is 17.2 Å². The van der Waals surface area contributed by atoms with Gasteiger partial charge in [0.05, 0.1) is 38.0 Å². The lowest BCUT2D eigenvalue weighted by Crippen LogP contribution is -2.26. The quantitative estimate of drug-likeness (QED) is 0.574. The molecule has 2 aromatic carbocycles. The van der Waals surface area contributed by atoms with E-state index in [1.807, 2.05) is 60.0 Å². The number of hydrogen-bond donors (Lipinski definition) is 0. The molecule has 6 nitrogen and oxygen atoms in total. The highest BCUT2D eigenvalue weighted by molar-refractivity contribution is 7.12. The Morgan fingerprint density at radius 1 is 1.00 bits per heavy atom. The van der Waals surface area contributed by atoms with Crippen molar-refractivity contribution in [1.29, 1.82) is 0 Å². The highest BCUT2D eigenvalue weighted by atomic mass is 32.1. The average molecular weight is 423 g/mol. The van der Waals surface area contributed by atoms with Crippen LogP contribution in [0.4, 0.5) is 0 Å². The predicted molar refractivity (Wildman–Crippen MR) is 117 cm³/mol. The Morgan fingerprint density at radius 2 is 1.73 bits per heavy atom. The van der Waals surface area contributed by atoms with E-state index in [1.54, 1.807) is 26.3 Å². The minimum Gasteiger partial charge on any atom is -0.497 e. The van der Waals surface area contributed by atoms with Crippen LogP contribution in [-0.2, 0) is 0 Å². The van der Waals surface area contributed by atoms with Crippen LogP contribution in [0.1, 0.15) is 33.3 Å². The van der Waals surface area contributed by atoms with Crippen molar-refractivity contribution in [2.75, 3.05) is 21.3 Å². The second-order valence-corrected chi connectivity index (χ2v) is 7.68. The standard InChI is InChI=1S/C23H22N2O4S/c1-27-16-11-15(12-17(13-16)28-2)19-14-20(18-7-4-5-8-21(18)29-3)25(24-19)23(26)22-9-6-10-30-22/h4-13,20H,14H2,1-3H3. The molecular formula is C23H22N2O4S. The number of para-hydroxylation sites is 1. The Labute approximate surface area is 179 Å². The molecule has 3 aromatic rings. The summed E-state index contributed by atoms with van der Waals surface area (Å²) in [5, 5.41) is 8.19. The van der Waals surface area contributed by atoms with Crippen molar-refractivity contribution in [3.63, 3.8) is 0 Å². The van der Waals surface area contributed by atoms with Crippen molar-refractivity contribution in [3.05, 3.63) is 76.0 Å². The highest BCUT2D eigenvalue weighted by Gasteiger charge is 2.35. The predicted octanol–water partition coefficient (Wildman–Crippen LogP) is 4.77. The molecule has 1 aromatic heterocycles. The topological polar surface area (TPSA) is 60.4 Å². The van der Waals surface area contributed by atoms with Crippen LogP contribution in [0.3, 0.4) is 0 Å². The third kappa shape index (κ3) is 3.76. The van der Waals surface area contributed by atoms with E-state index in [9.17, 15) is 4.79 Å². The molecule has 1 aliphatic heterocycles. The van der Waals surface area contributed by atoms with Crippen molar-refractivity contribution in [1.82, 2.24) is 5.01 Å². The number of methoxy groups -OCH3 is 3. The lowest BCUT2D eigenvalue weighted by atomic mass is 9.97. The first kappa shape index (κ1) is 20.0. The van der Waals surface area contributed by atoms with Crippen LogP contribution in [0.15, 0.2) is 65.1 Å². The summed E-state index contributed by atoms with van der Waals surface area (Å²) in [5.41, 5.74) is 2.55. The van der Waals surface area contributed by atoms with Crippen LogP contribution < -0.4 is 14.2 Å². The molecule has 1 aliphatic rings. The zero-order valence-electron chi connectivity index (χ0n) is 17.0. The second-order valence-electron chi connectivity index (χ2n) is 6.74. The smallest absolute Gasteiger partial charge is 0.284 e. The zero-order chi connectivity index (χ0) is 21.1. The molecule has 1 amide bonds. The summed E-state index contributed by atoms with van der Waals surface area (Å²) in [6, 6.07) is 16.7. The molecule has 0 aliphatic carbocycles. The van der Waals surface area contributed by atoms with Gasteiger partial charge in [0.15, 0.2) is 0 Å². The molecule has 0 radical (unpaired) electrons. The maximum atomic E-state index is 13.3. The number of rotatable bonds is 6. The van der Waals surface area contributed by atoms with E-state index in [0.29, 0.717) is 22.8 Å². The van der Waals surface area contributed by atoms with Gasteiger partial charge in [-0.1, -0.05) is 24.3 Å². The maximum absolute atomic E-state index is 13.3. The van der Waals surface area contributed by atoms with Gasteiger partial charge in [-0.3, -0.25) is 4.79 Å². The molecule has 154 valence electrons. The van der Waals surface area contributed by atoms with Crippen LogP contribution in [0.2, 0.25) is 0 Å². The first-order valence-electron chi connectivity index (χ1n) is 9.45. The molecule has 0 spiro atoms. The van der Waals surface area contributed by atoms with Gasteiger partial charge in [0, 0.05) is 23.6 Å². The van der Waals surface area contributed by atoms with Crippen molar-refractivity contribution in [2.24, 2.45) is 5.10 Å². The summed E-state index contributed by atoms with van der Waals surface area (Å²) in [7, 11) is 4.85. The molecule has 1 atom stereocenters. The third-order valence-corrected chi connectivity index (χ3v) is 5.89. The van der Waals surface area contributed by atoms with Crippen LogP contribution in [-0.4, -0.2) is 38.0 Å². The summed E-state index contributed by atoms with van der Waals surface area (Å²) in [6.07, 6.45) is 0.549. The number of hydrogen-bond acceptors (Lipinski definition) is 6. The van der Waals surface area contributed by atoms with E-state index >= 15 is 0 Å². The Bertz CT molecular complexity index is 1060. The van der Waals surface area contributed by atoms with Gasteiger partial charge >= 0.3 is 0 Å². The van der Waals surface area contributed by atoms with Crippen molar-refractivity contribution < 1.29 is 19.0 Å². The van der Waals surface area contributed by atoms with Gasteiger partial charge in [-0.25, -0.2) is 5.01 Å². The minimum atomic E-state index is -0.275. The number of nitrogens with zero attached hydrogens (tertiary/aromatic N) is 2. The van der Waals surface area contributed by atoms with E-state index in [4.69, 9.17) is 19.3 Å². The second kappa shape index (κ2) is 8.59. The fraction of sp³-hybridized carbons (Fsp3) is 0.217. The monoisotopic (exact) mass is 422 g/mol. The lowest BCUT2D eigenvalue weighted by molar-refractivity contribution is 0.0714. The first-order valence-corrected chi connectivity index (χ1v) is 10.3. The van der Waals surface area contributed by atoms with Crippen molar-refractivity contribution >= 4 is 23.0 Å². The summed E-state index contributed by atoms with van der Waals surface area (Å²) >= 11 is 1.40. The molecular weight excluding hydrogens is 400 g/mol. The number of benzene rings is 2. The molecule has 0 saturated heterocycles. The number of amides is 1. The van der Waals surface area contributed by atoms with Crippen LogP contribution >= 0.6 is 11.3 Å². The number of ether oxygens (including phenoxy) is 3. The van der Waals surface area contributed by atoms with Gasteiger partial charge in [0.1, 0.15) is 17.2 Å². The van der Waals surface area contributed by atoms with Crippen LogP contribution in [0.25, 0.3) is 0 Å². The van der Waals surface area contributed by atoms with Gasteiger partial charge in [0.25, 0.3) is 5.91 Å². The van der Waals surface area contributed by atoms with Gasteiger partial charge < -0.3 is 14.2 Å². The number of carbonyl (C=O) groups is 1. The Morgan fingerprint density at radius 3 is 2.37 bits per heavy atom. The third-order valence-electron chi connectivity index (χ3n) is 5.03. The largest absolute Gasteiger partial charge is 0.497 e. The van der Waals surface area contributed by atoms with E-state index in [0.717, 1.165) is 22.6 Å². The fourth-order valence-corrected chi connectivity index (χ4v) is 4.20. The SMILES string of the molecule is COc1cc(OC)cc(C2=NN(C(=O)c3cccs3)C(c3ccccc3OC)C2)c1. The molecule has 0 fully saturated rings. The van der Waals surface area contributed by atoms with Crippen molar-refractivity contribution in [2.45, 2.75) is 12.5 Å². The number of carbonyl (C=O) groups excluding carboxylic acids is 1. The molecule has 7 heteroatoms. The Kier molecular flexibility index (Phi) is 5.72. The molecule has 30 heavy (non-hydrogen) atoms. The van der Waals surface area contributed by atoms with Crippen LogP contribution in [0, 0.1) is 0 Å². The van der Waals surface area contributed by atoms with Gasteiger partial charge in [-0.2, -0.15) is 5.10 Å². The average Bonchev–Trinajstić information content (AvgIpc) is 3.48. The van der Waals surface area contributed by atoms with Gasteiger partial charge in [-0.05, 0) is 29.6 Å². The van der Waals surface area contributed by atoms with Crippen LogP contribution in [0.5, 0.6) is 17.2 Å². The fourth-order valence-electron chi connectivity index (χ4n) is 3.54. The Hall–Kier alpha value is -3.32. The molecule has 0 bridgehead atoms. The summed E-state index contributed by atoms with van der Waals surface area (Å²) in [5.74, 6) is 1.93. The molecule has 2 heterocycles. The molecule has 4 rings (SSSR count). The Balaban J connectivity index is 1.78. The molecule has 1 unspecified atom stereocenters. The van der Waals surface area contributed by atoms with E-state index in [-0.39, 0.29) is 11.9 Å². The number of hydrazone groups is 1. The zero-order valence-corrected chi connectivity index (χ0v) is 17.8. The molecule has 0 N–H and O–H groups in total. The minimum absolute atomic E-state index is 0.134. The highest BCUT2D eigenvalue weighted by Crippen LogP contribution is 2.39. The first-order chi connectivity index (χ1) is 14.6. The van der Waals surface area contributed by atoms with E-state index in [2.05, 4.69) is 0 Å². The number of thiophene rings is 1. The van der Waals surface area contributed by atoms with E-state index < -0.39 is 0 Å². The van der Waals surface area contributed by atoms with Gasteiger partial charge in [-0.15, -0.1) is 11.3 Å². The normalized spacial score (nSPS) is 15.6. The summed E-state index contributed by atoms with van der Waals surface area (Å²) < 4.78 is 16.4. The summed E-state index contributed by atoms with van der Waals surface area (Å²) in [4.78, 5) is 13.9. The van der Waals surface area contributed by atoms with Gasteiger partial charge in [0.2, 0.25) is 0 Å². The molecule has 0 saturated carbocycles. The maximum Gasteiger partial charge on any atom is 0.284 e. The van der Waals surface area contributed by atoms with E-state index in [1.165, 1.54) is 11.3 Å².